The maximum Gasteiger partial charge on any atom is 0.0831 e. The van der Waals surface area contributed by atoms with Gasteiger partial charge in [0.2, 0.25) is 0 Å². The van der Waals surface area contributed by atoms with Crippen molar-refractivity contribution < 1.29 is 0 Å². The molecular formula is C16H14Cl3N. The van der Waals surface area contributed by atoms with Crippen molar-refractivity contribution in [1.82, 2.24) is 0 Å². The van der Waals surface area contributed by atoms with Gasteiger partial charge in [0.25, 0.3) is 0 Å². The number of hydrogen-bond acceptors (Lipinski definition) is 1. The van der Waals surface area contributed by atoms with Crippen LogP contribution in [-0.2, 0) is 0 Å². The first kappa shape index (κ1) is 15.4. The lowest BCUT2D eigenvalue weighted by atomic mass is 10.0. The van der Waals surface area contributed by atoms with Crippen LogP contribution in [0.3, 0.4) is 0 Å². The van der Waals surface area contributed by atoms with Gasteiger partial charge in [-0.1, -0.05) is 72.9 Å². The van der Waals surface area contributed by atoms with Crippen LogP contribution in [0.15, 0.2) is 41.4 Å². The van der Waals surface area contributed by atoms with Crippen LogP contribution in [-0.4, -0.2) is 6.21 Å². The topological polar surface area (TPSA) is 12.4 Å². The number of rotatable bonds is 3. The molecule has 0 heterocycles. The highest BCUT2D eigenvalue weighted by Crippen LogP contribution is 2.33. The van der Waals surface area contributed by atoms with Crippen LogP contribution >= 0.6 is 34.8 Å². The van der Waals surface area contributed by atoms with Gasteiger partial charge in [0, 0.05) is 6.21 Å². The Hall–Kier alpha value is -1.02. The van der Waals surface area contributed by atoms with Gasteiger partial charge in [-0.3, -0.25) is 4.99 Å². The first-order valence-electron chi connectivity index (χ1n) is 6.26. The molecular weight excluding hydrogens is 313 g/mol. The largest absolute Gasteiger partial charge is 0.255 e. The maximum absolute atomic E-state index is 6.08. The molecule has 0 fully saturated rings. The molecule has 0 saturated carbocycles. The molecule has 104 valence electrons. The highest BCUT2D eigenvalue weighted by atomic mass is 35.5. The van der Waals surface area contributed by atoms with Gasteiger partial charge in [-0.25, -0.2) is 0 Å². The summed E-state index contributed by atoms with van der Waals surface area (Å²) in [5.74, 6) is 0.519. The summed E-state index contributed by atoms with van der Waals surface area (Å²) in [5.41, 5.74) is 2.92. The standard InChI is InChI=1S/C16H14Cl3N/c1-10(2)12-5-3-11(4-6-12)9-20-16-8-14(18)13(17)7-15(16)19/h3-10H,1-2H3. The summed E-state index contributed by atoms with van der Waals surface area (Å²) in [6.45, 7) is 4.33. The SMILES string of the molecule is CC(C)c1ccc(C=Nc2cc(Cl)c(Cl)cc2Cl)cc1. The van der Waals surface area contributed by atoms with Crippen molar-refractivity contribution in [3.05, 3.63) is 62.6 Å². The van der Waals surface area contributed by atoms with E-state index in [1.165, 1.54) is 5.56 Å². The maximum atomic E-state index is 6.08. The summed E-state index contributed by atoms with van der Waals surface area (Å²) in [6, 6.07) is 11.5. The van der Waals surface area contributed by atoms with Crippen LogP contribution < -0.4 is 0 Å². The Bertz CT molecular complexity index is 631. The quantitative estimate of drug-likeness (QED) is 0.449. The second-order valence-electron chi connectivity index (χ2n) is 4.80. The first-order chi connectivity index (χ1) is 9.47. The summed E-state index contributed by atoms with van der Waals surface area (Å²) >= 11 is 17.9. The van der Waals surface area contributed by atoms with E-state index in [9.17, 15) is 0 Å². The minimum absolute atomic E-state index is 0.428. The molecule has 0 atom stereocenters. The lowest BCUT2D eigenvalue weighted by Crippen LogP contribution is -1.88. The van der Waals surface area contributed by atoms with Crippen LogP contribution in [0.2, 0.25) is 15.1 Å². The van der Waals surface area contributed by atoms with Crippen LogP contribution in [0.4, 0.5) is 5.69 Å². The van der Waals surface area contributed by atoms with Crippen molar-refractivity contribution in [3.63, 3.8) is 0 Å². The molecule has 0 N–H and O–H groups in total. The van der Waals surface area contributed by atoms with E-state index in [0.717, 1.165) is 5.56 Å². The molecule has 1 nitrogen and oxygen atoms in total. The molecule has 0 aliphatic carbocycles. The monoisotopic (exact) mass is 325 g/mol. The number of aliphatic imine (C=N–C) groups is 1. The van der Waals surface area contributed by atoms with Crippen molar-refractivity contribution in [1.29, 1.82) is 0 Å². The Morgan fingerprint density at radius 2 is 1.50 bits per heavy atom. The fourth-order valence-corrected chi connectivity index (χ4v) is 2.31. The summed E-state index contributed by atoms with van der Waals surface area (Å²) in [7, 11) is 0. The molecule has 0 saturated heterocycles. The van der Waals surface area contributed by atoms with Gasteiger partial charge in [0.15, 0.2) is 0 Å². The third-order valence-corrected chi connectivity index (χ3v) is 3.97. The van der Waals surface area contributed by atoms with Gasteiger partial charge in [-0.2, -0.15) is 0 Å². The van der Waals surface area contributed by atoms with E-state index in [0.29, 0.717) is 26.7 Å². The highest BCUT2D eigenvalue weighted by molar-refractivity contribution is 6.43. The zero-order valence-corrected chi connectivity index (χ0v) is 13.5. The number of nitrogens with zero attached hydrogens (tertiary/aromatic N) is 1. The minimum Gasteiger partial charge on any atom is -0.255 e. The Morgan fingerprint density at radius 3 is 2.10 bits per heavy atom. The number of hydrogen-bond donors (Lipinski definition) is 0. The summed E-state index contributed by atoms with van der Waals surface area (Å²) in [6.07, 6.45) is 1.76. The van der Waals surface area contributed by atoms with Gasteiger partial charge in [-0.15, -0.1) is 0 Å². The summed E-state index contributed by atoms with van der Waals surface area (Å²) < 4.78 is 0. The molecule has 20 heavy (non-hydrogen) atoms. The second-order valence-corrected chi connectivity index (χ2v) is 6.02. The molecule has 0 aliphatic rings. The molecule has 2 aromatic rings. The molecule has 2 rings (SSSR count). The zero-order valence-electron chi connectivity index (χ0n) is 11.2. The fourth-order valence-electron chi connectivity index (χ4n) is 1.72. The Kier molecular flexibility index (Phi) is 5.09. The number of benzene rings is 2. The summed E-state index contributed by atoms with van der Waals surface area (Å²) in [5, 5.41) is 1.35. The van der Waals surface area contributed by atoms with Crippen LogP contribution in [0.5, 0.6) is 0 Å². The molecule has 0 radical (unpaired) electrons. The van der Waals surface area contributed by atoms with Crippen molar-refractivity contribution in [2.24, 2.45) is 4.99 Å². The minimum atomic E-state index is 0.428. The Labute approximate surface area is 134 Å². The molecule has 0 aliphatic heterocycles. The van der Waals surface area contributed by atoms with Gasteiger partial charge in [0.05, 0.1) is 20.8 Å². The average molecular weight is 327 g/mol. The molecule has 0 amide bonds. The molecule has 0 aromatic heterocycles. The second kappa shape index (κ2) is 6.62. The highest BCUT2D eigenvalue weighted by Gasteiger charge is 2.04. The molecule has 2 aromatic carbocycles. The molecule has 0 spiro atoms. The average Bonchev–Trinajstić information content (AvgIpc) is 2.42. The molecule has 0 bridgehead atoms. The van der Waals surface area contributed by atoms with Crippen molar-refractivity contribution in [2.75, 3.05) is 0 Å². The zero-order chi connectivity index (χ0) is 14.7. The molecule has 4 heteroatoms. The van der Waals surface area contributed by atoms with Gasteiger partial charge in [-0.05, 0) is 29.2 Å². The van der Waals surface area contributed by atoms with E-state index < -0.39 is 0 Å². The normalized spacial score (nSPS) is 11.5. The predicted octanol–water partition coefficient (Wildman–Crippen LogP) is 6.52. The fraction of sp³-hybridized carbons (Fsp3) is 0.188. The van der Waals surface area contributed by atoms with Gasteiger partial charge in [0.1, 0.15) is 0 Å². The van der Waals surface area contributed by atoms with Gasteiger partial charge >= 0.3 is 0 Å². The van der Waals surface area contributed by atoms with Crippen LogP contribution in [0.1, 0.15) is 30.9 Å². The van der Waals surface area contributed by atoms with E-state index in [-0.39, 0.29) is 0 Å². The van der Waals surface area contributed by atoms with E-state index >= 15 is 0 Å². The van der Waals surface area contributed by atoms with E-state index in [2.05, 4.69) is 31.0 Å². The molecule has 0 unspecified atom stereocenters. The predicted molar refractivity (Wildman–Crippen MR) is 89.3 cm³/mol. The lowest BCUT2D eigenvalue weighted by molar-refractivity contribution is 0.866. The van der Waals surface area contributed by atoms with Crippen LogP contribution in [0, 0.1) is 0 Å². The van der Waals surface area contributed by atoms with E-state index in [4.69, 9.17) is 34.8 Å². The third kappa shape index (κ3) is 3.76. The van der Waals surface area contributed by atoms with Crippen molar-refractivity contribution in [2.45, 2.75) is 19.8 Å². The van der Waals surface area contributed by atoms with E-state index in [1.54, 1.807) is 18.3 Å². The van der Waals surface area contributed by atoms with Crippen molar-refractivity contribution >= 4 is 46.7 Å². The van der Waals surface area contributed by atoms with Crippen molar-refractivity contribution in [3.8, 4) is 0 Å². The smallest absolute Gasteiger partial charge is 0.0831 e. The van der Waals surface area contributed by atoms with E-state index in [1.807, 2.05) is 12.1 Å². The Balaban J connectivity index is 2.23. The first-order valence-corrected chi connectivity index (χ1v) is 7.39. The lowest BCUT2D eigenvalue weighted by Gasteiger charge is -2.05. The third-order valence-electron chi connectivity index (χ3n) is 2.95. The van der Waals surface area contributed by atoms with Crippen LogP contribution in [0.25, 0.3) is 0 Å². The summed E-state index contributed by atoms with van der Waals surface area (Å²) in [4.78, 5) is 4.35. The van der Waals surface area contributed by atoms with Gasteiger partial charge < -0.3 is 0 Å². The number of halogens is 3. The Morgan fingerprint density at radius 1 is 0.900 bits per heavy atom.